The Morgan fingerprint density at radius 3 is 2.35 bits per heavy atom. The molecule has 5 N–H and O–H groups in total. The van der Waals surface area contributed by atoms with Crippen molar-refractivity contribution in [1.82, 2.24) is 20.4 Å². The zero-order chi connectivity index (χ0) is 23.4. The molecule has 1 unspecified atom stereocenters. The van der Waals surface area contributed by atoms with E-state index in [9.17, 15) is 4.21 Å². The van der Waals surface area contributed by atoms with E-state index in [4.69, 9.17) is 10.3 Å². The van der Waals surface area contributed by atoms with E-state index in [1.165, 1.54) is 5.56 Å². The SMILES string of the molecule is CCNCc1ccc(-c2cc(-c3nc(-c4ccc(S(=O)C(C)C)cc4)cnc3N)on2)cc1.O.[HH]. The summed E-state index contributed by atoms with van der Waals surface area (Å²) in [5.74, 6) is 0.714. The average Bonchev–Trinajstić information content (AvgIpc) is 3.33. The molecule has 9 heteroatoms. The molecule has 180 valence electrons. The molecule has 2 heterocycles. The van der Waals surface area contributed by atoms with Crippen molar-refractivity contribution in [2.45, 2.75) is 37.5 Å². The number of anilines is 1. The number of hydrogen-bond acceptors (Lipinski definition) is 7. The van der Waals surface area contributed by atoms with Gasteiger partial charge in [0.15, 0.2) is 17.3 Å². The van der Waals surface area contributed by atoms with Crippen LogP contribution in [0.5, 0.6) is 0 Å². The van der Waals surface area contributed by atoms with Crippen LogP contribution in [0.15, 0.2) is 70.2 Å². The first-order valence-electron chi connectivity index (χ1n) is 10.9. The molecule has 1 atom stereocenters. The van der Waals surface area contributed by atoms with Crippen molar-refractivity contribution in [3.63, 3.8) is 0 Å². The molecule has 0 aliphatic carbocycles. The fourth-order valence-electron chi connectivity index (χ4n) is 3.34. The van der Waals surface area contributed by atoms with Gasteiger partial charge in [-0.05, 0) is 24.2 Å². The molecule has 0 fully saturated rings. The Morgan fingerprint density at radius 2 is 1.71 bits per heavy atom. The van der Waals surface area contributed by atoms with Crippen LogP contribution in [-0.2, 0) is 17.3 Å². The van der Waals surface area contributed by atoms with Gasteiger partial charge in [0.1, 0.15) is 5.69 Å². The summed E-state index contributed by atoms with van der Waals surface area (Å²) in [7, 11) is -1.04. The van der Waals surface area contributed by atoms with Crippen LogP contribution in [0.25, 0.3) is 34.0 Å². The highest BCUT2D eigenvalue weighted by molar-refractivity contribution is 7.85. The van der Waals surface area contributed by atoms with Gasteiger partial charge in [-0.25, -0.2) is 9.97 Å². The largest absolute Gasteiger partial charge is 0.412 e. The molecule has 4 rings (SSSR count). The summed E-state index contributed by atoms with van der Waals surface area (Å²) < 4.78 is 17.9. The van der Waals surface area contributed by atoms with Gasteiger partial charge in [0.2, 0.25) is 0 Å². The Kier molecular flexibility index (Phi) is 8.27. The van der Waals surface area contributed by atoms with Gasteiger partial charge in [-0.2, -0.15) is 0 Å². The van der Waals surface area contributed by atoms with Gasteiger partial charge >= 0.3 is 0 Å². The van der Waals surface area contributed by atoms with Crippen LogP contribution >= 0.6 is 0 Å². The fourth-order valence-corrected chi connectivity index (χ4v) is 4.29. The van der Waals surface area contributed by atoms with Crippen molar-refractivity contribution in [1.29, 1.82) is 0 Å². The van der Waals surface area contributed by atoms with Crippen molar-refractivity contribution in [2.24, 2.45) is 0 Å². The molecule has 0 spiro atoms. The lowest BCUT2D eigenvalue weighted by atomic mass is 10.1. The highest BCUT2D eigenvalue weighted by atomic mass is 32.2. The molecule has 2 aromatic heterocycles. The van der Waals surface area contributed by atoms with E-state index in [1.807, 2.05) is 56.3 Å². The predicted molar refractivity (Wildman–Crippen MR) is 137 cm³/mol. The lowest BCUT2D eigenvalue weighted by molar-refractivity contribution is 0.434. The van der Waals surface area contributed by atoms with Crippen molar-refractivity contribution in [3.8, 4) is 34.0 Å². The first kappa shape index (κ1) is 25.2. The third kappa shape index (κ3) is 5.56. The van der Waals surface area contributed by atoms with Gasteiger partial charge in [-0.15, -0.1) is 0 Å². The number of aromatic nitrogens is 3. The van der Waals surface area contributed by atoms with Gasteiger partial charge in [-0.1, -0.05) is 62.3 Å². The average molecular weight is 482 g/mol. The van der Waals surface area contributed by atoms with Crippen LogP contribution in [0, 0.1) is 0 Å². The smallest absolute Gasteiger partial charge is 0.189 e. The van der Waals surface area contributed by atoms with Gasteiger partial charge in [-0.3, -0.25) is 4.21 Å². The lowest BCUT2D eigenvalue weighted by Gasteiger charge is -2.08. The minimum atomic E-state index is -1.04. The van der Waals surface area contributed by atoms with Gasteiger partial charge in [0, 0.05) is 35.3 Å². The number of nitrogens with one attached hydrogen (secondary N) is 1. The first-order chi connectivity index (χ1) is 16.0. The summed E-state index contributed by atoms with van der Waals surface area (Å²) in [4.78, 5) is 9.76. The first-order valence-corrected chi connectivity index (χ1v) is 12.1. The summed E-state index contributed by atoms with van der Waals surface area (Å²) >= 11 is 0. The molecular formula is C25H31N5O3S. The van der Waals surface area contributed by atoms with Crippen LogP contribution in [-0.4, -0.2) is 36.6 Å². The summed E-state index contributed by atoms with van der Waals surface area (Å²) in [6.07, 6.45) is 1.62. The Morgan fingerprint density at radius 1 is 1.06 bits per heavy atom. The lowest BCUT2D eigenvalue weighted by Crippen LogP contribution is -2.11. The van der Waals surface area contributed by atoms with Crippen molar-refractivity contribution < 1.29 is 15.6 Å². The molecule has 2 aromatic carbocycles. The summed E-state index contributed by atoms with van der Waals surface area (Å²) in [6.45, 7) is 7.71. The molecule has 0 bridgehead atoms. The summed E-state index contributed by atoms with van der Waals surface area (Å²) in [5.41, 5.74) is 10.9. The van der Waals surface area contributed by atoms with E-state index < -0.39 is 10.8 Å². The normalized spacial score (nSPS) is 11.9. The van der Waals surface area contributed by atoms with E-state index in [1.54, 1.807) is 6.20 Å². The van der Waals surface area contributed by atoms with Crippen LogP contribution in [0.2, 0.25) is 0 Å². The number of nitrogen functional groups attached to an aromatic ring is 1. The van der Waals surface area contributed by atoms with E-state index >= 15 is 0 Å². The van der Waals surface area contributed by atoms with Crippen molar-refractivity contribution >= 4 is 16.6 Å². The third-order valence-corrected chi connectivity index (χ3v) is 6.78. The summed E-state index contributed by atoms with van der Waals surface area (Å²) in [5, 5.41) is 7.57. The number of nitrogens with two attached hydrogens (primary N) is 1. The zero-order valence-electron chi connectivity index (χ0n) is 19.4. The zero-order valence-corrected chi connectivity index (χ0v) is 20.2. The molecule has 0 saturated carbocycles. The minimum Gasteiger partial charge on any atom is -0.412 e. The Bertz CT molecular complexity index is 1260. The maximum atomic E-state index is 12.3. The highest BCUT2D eigenvalue weighted by Gasteiger charge is 2.16. The molecule has 0 aliphatic rings. The maximum absolute atomic E-state index is 12.3. The number of nitrogens with zero attached hydrogens (tertiary/aromatic N) is 3. The van der Waals surface area contributed by atoms with E-state index in [-0.39, 0.29) is 18.0 Å². The second-order valence-electron chi connectivity index (χ2n) is 7.91. The van der Waals surface area contributed by atoms with Crippen molar-refractivity contribution in [2.75, 3.05) is 12.3 Å². The monoisotopic (exact) mass is 481 g/mol. The highest BCUT2D eigenvalue weighted by Crippen LogP contribution is 2.30. The molecule has 0 radical (unpaired) electrons. The number of hydrogen-bond donors (Lipinski definition) is 2. The summed E-state index contributed by atoms with van der Waals surface area (Å²) in [6, 6.07) is 17.5. The van der Waals surface area contributed by atoms with Crippen LogP contribution in [0.1, 0.15) is 27.8 Å². The van der Waals surface area contributed by atoms with Crippen molar-refractivity contribution in [3.05, 3.63) is 66.4 Å². The van der Waals surface area contributed by atoms with E-state index in [0.29, 0.717) is 22.8 Å². The minimum absolute atomic E-state index is 0. The van der Waals surface area contributed by atoms with Crippen LogP contribution in [0.4, 0.5) is 5.82 Å². The maximum Gasteiger partial charge on any atom is 0.189 e. The number of rotatable bonds is 8. The molecule has 34 heavy (non-hydrogen) atoms. The van der Waals surface area contributed by atoms with Gasteiger partial charge in [0.05, 0.1) is 22.7 Å². The van der Waals surface area contributed by atoms with Gasteiger partial charge in [0.25, 0.3) is 0 Å². The Labute approximate surface area is 202 Å². The molecular weight excluding hydrogens is 450 g/mol. The molecule has 0 saturated heterocycles. The topological polar surface area (TPSA) is 138 Å². The van der Waals surface area contributed by atoms with E-state index in [0.717, 1.165) is 29.1 Å². The number of benzene rings is 2. The molecule has 0 amide bonds. The van der Waals surface area contributed by atoms with E-state index in [2.05, 4.69) is 39.5 Å². The third-order valence-electron chi connectivity index (χ3n) is 5.18. The van der Waals surface area contributed by atoms with Gasteiger partial charge < -0.3 is 21.0 Å². The second kappa shape index (κ2) is 11.1. The Hall–Kier alpha value is -3.40. The fraction of sp³-hybridized carbons (Fsp3) is 0.240. The van der Waals surface area contributed by atoms with Crippen LogP contribution < -0.4 is 11.1 Å². The second-order valence-corrected chi connectivity index (χ2v) is 9.92. The Balaban J connectivity index is 0.00000216. The quantitative estimate of drug-likeness (QED) is 0.386. The molecule has 4 aromatic rings. The molecule has 8 nitrogen and oxygen atoms in total. The predicted octanol–water partition coefficient (Wildman–Crippen LogP) is 4.09. The standard InChI is InChI=1S/C25H27N5O2S.H2O.H2/c1-4-27-14-17-5-7-18(8-6-17)21-13-23(32-30-21)24-25(26)28-15-22(29-24)19-9-11-20(12-10-19)33(31)16(2)3;;/h5-13,15-16,27H,4,14H2,1-3H3,(H2,26,28);1H2;1H. The van der Waals surface area contributed by atoms with Crippen LogP contribution in [0.3, 0.4) is 0 Å². The molecule has 0 aliphatic heterocycles.